The van der Waals surface area contributed by atoms with Crippen LogP contribution >= 0.6 is 0 Å². The second-order valence-electron chi connectivity index (χ2n) is 6.00. The molecular weight excluding hydrogens is 250 g/mol. The lowest BCUT2D eigenvalue weighted by atomic mass is 9.91. The van der Waals surface area contributed by atoms with Gasteiger partial charge in [-0.15, -0.1) is 0 Å². The molecule has 1 aromatic carbocycles. The van der Waals surface area contributed by atoms with E-state index in [1.54, 1.807) is 0 Å². The zero-order valence-electron chi connectivity index (χ0n) is 11.8. The number of benzene rings is 1. The number of likely N-dealkylation sites (tertiary alicyclic amines) is 1. The zero-order chi connectivity index (χ0) is 13.9. The van der Waals surface area contributed by atoms with Gasteiger partial charge in [-0.1, -0.05) is 24.6 Å². The van der Waals surface area contributed by atoms with Crippen molar-refractivity contribution in [2.45, 2.75) is 44.7 Å². The number of hydrogen-bond acceptors (Lipinski definition) is 3. The first-order valence-corrected chi connectivity index (χ1v) is 7.62. The summed E-state index contributed by atoms with van der Waals surface area (Å²) >= 11 is 0. The lowest BCUT2D eigenvalue weighted by molar-refractivity contribution is 0.0937. The van der Waals surface area contributed by atoms with Crippen LogP contribution in [0.15, 0.2) is 24.3 Å². The summed E-state index contributed by atoms with van der Waals surface area (Å²) < 4.78 is 0. The predicted molar refractivity (Wildman–Crippen MR) is 78.9 cm³/mol. The molecule has 108 valence electrons. The number of hydrogen-bond donors (Lipinski definition) is 2. The molecule has 4 nitrogen and oxygen atoms in total. The minimum Gasteiger partial charge on any atom is -0.296 e. The van der Waals surface area contributed by atoms with E-state index in [2.05, 4.69) is 10.3 Å². The van der Waals surface area contributed by atoms with E-state index in [1.807, 2.05) is 24.3 Å². The zero-order valence-corrected chi connectivity index (χ0v) is 11.8. The highest BCUT2D eigenvalue weighted by Crippen LogP contribution is 2.37. The summed E-state index contributed by atoms with van der Waals surface area (Å²) in [5.74, 6) is 5.96. The Bertz CT molecular complexity index is 488. The van der Waals surface area contributed by atoms with Crippen LogP contribution in [-0.4, -0.2) is 23.4 Å². The molecule has 1 saturated heterocycles. The van der Waals surface area contributed by atoms with Crippen molar-refractivity contribution < 1.29 is 4.79 Å². The Balaban J connectivity index is 1.78. The van der Waals surface area contributed by atoms with Gasteiger partial charge >= 0.3 is 0 Å². The fourth-order valence-corrected chi connectivity index (χ4v) is 3.93. The number of nitrogen functional groups attached to an aromatic ring is 1. The van der Waals surface area contributed by atoms with Gasteiger partial charge in [0.05, 0.1) is 0 Å². The molecule has 2 atom stereocenters. The minimum atomic E-state index is -0.194. The van der Waals surface area contributed by atoms with Crippen LogP contribution in [0, 0.1) is 5.92 Å². The second-order valence-corrected chi connectivity index (χ2v) is 6.00. The Hall–Kier alpha value is -1.39. The van der Waals surface area contributed by atoms with Crippen molar-refractivity contribution in [3.8, 4) is 0 Å². The van der Waals surface area contributed by atoms with Gasteiger partial charge in [0.15, 0.2) is 0 Å². The van der Waals surface area contributed by atoms with E-state index in [1.165, 1.54) is 32.1 Å². The summed E-state index contributed by atoms with van der Waals surface area (Å²) in [5, 5.41) is 0. The summed E-state index contributed by atoms with van der Waals surface area (Å²) in [4.78, 5) is 14.4. The van der Waals surface area contributed by atoms with Crippen LogP contribution in [0.2, 0.25) is 0 Å². The molecule has 20 heavy (non-hydrogen) atoms. The van der Waals surface area contributed by atoms with Gasteiger partial charge in [-0.05, 0) is 49.8 Å². The van der Waals surface area contributed by atoms with Crippen LogP contribution < -0.4 is 11.3 Å². The van der Waals surface area contributed by atoms with Crippen LogP contribution in [0.3, 0.4) is 0 Å². The van der Waals surface area contributed by atoms with Crippen molar-refractivity contribution in [1.29, 1.82) is 0 Å². The van der Waals surface area contributed by atoms with E-state index in [9.17, 15) is 4.79 Å². The van der Waals surface area contributed by atoms with Crippen LogP contribution in [0.5, 0.6) is 0 Å². The summed E-state index contributed by atoms with van der Waals surface area (Å²) in [7, 11) is 0. The molecule has 0 bridgehead atoms. The SMILES string of the molecule is NNC(=O)c1ccccc1CN1CCCC2CCCC21. The number of nitrogens with two attached hydrogens (primary N) is 1. The lowest BCUT2D eigenvalue weighted by Gasteiger charge is -2.38. The largest absolute Gasteiger partial charge is 0.296 e. The molecule has 2 fully saturated rings. The van der Waals surface area contributed by atoms with Gasteiger partial charge in [0, 0.05) is 18.2 Å². The highest BCUT2D eigenvalue weighted by Gasteiger charge is 2.35. The molecule has 0 spiro atoms. The number of fused-ring (bicyclic) bond motifs is 1. The van der Waals surface area contributed by atoms with Gasteiger partial charge < -0.3 is 0 Å². The quantitative estimate of drug-likeness (QED) is 0.503. The normalized spacial score (nSPS) is 26.2. The first-order valence-electron chi connectivity index (χ1n) is 7.62. The third-order valence-electron chi connectivity index (χ3n) is 4.87. The van der Waals surface area contributed by atoms with Gasteiger partial charge in [-0.25, -0.2) is 5.84 Å². The molecule has 1 heterocycles. The molecule has 3 rings (SSSR count). The van der Waals surface area contributed by atoms with Crippen molar-refractivity contribution in [2.75, 3.05) is 6.54 Å². The molecule has 4 heteroatoms. The van der Waals surface area contributed by atoms with Gasteiger partial charge in [-0.2, -0.15) is 0 Å². The number of nitrogens with one attached hydrogen (secondary N) is 1. The molecule has 0 radical (unpaired) electrons. The highest BCUT2D eigenvalue weighted by atomic mass is 16.2. The average molecular weight is 273 g/mol. The Morgan fingerprint density at radius 2 is 2.05 bits per heavy atom. The lowest BCUT2D eigenvalue weighted by Crippen LogP contribution is -2.42. The topological polar surface area (TPSA) is 58.4 Å². The van der Waals surface area contributed by atoms with Crippen LogP contribution in [0.4, 0.5) is 0 Å². The summed E-state index contributed by atoms with van der Waals surface area (Å²) in [6.45, 7) is 2.02. The monoisotopic (exact) mass is 273 g/mol. The molecule has 1 aliphatic heterocycles. The number of hydrazine groups is 1. The number of nitrogens with zero attached hydrogens (tertiary/aromatic N) is 1. The average Bonchev–Trinajstić information content (AvgIpc) is 2.96. The number of carbonyl (C=O) groups excluding carboxylic acids is 1. The van der Waals surface area contributed by atoms with E-state index in [0.29, 0.717) is 5.56 Å². The Morgan fingerprint density at radius 3 is 2.90 bits per heavy atom. The fourth-order valence-electron chi connectivity index (χ4n) is 3.93. The smallest absolute Gasteiger partial charge is 0.265 e. The van der Waals surface area contributed by atoms with E-state index in [4.69, 9.17) is 5.84 Å². The maximum absolute atomic E-state index is 11.8. The van der Waals surface area contributed by atoms with E-state index in [-0.39, 0.29) is 5.91 Å². The molecule has 1 saturated carbocycles. The number of carbonyl (C=O) groups is 1. The summed E-state index contributed by atoms with van der Waals surface area (Å²) in [6, 6.07) is 8.51. The molecule has 1 amide bonds. The van der Waals surface area contributed by atoms with Crippen molar-refractivity contribution in [1.82, 2.24) is 10.3 Å². The number of piperidine rings is 1. The first kappa shape index (κ1) is 13.6. The molecular formula is C16H23N3O. The Kier molecular flexibility index (Phi) is 4.03. The van der Waals surface area contributed by atoms with Gasteiger partial charge in [0.25, 0.3) is 5.91 Å². The summed E-state index contributed by atoms with van der Waals surface area (Å²) in [6.07, 6.45) is 6.72. The maximum Gasteiger partial charge on any atom is 0.265 e. The van der Waals surface area contributed by atoms with Gasteiger partial charge in [-0.3, -0.25) is 15.1 Å². The minimum absolute atomic E-state index is 0.194. The second kappa shape index (κ2) is 5.94. The van der Waals surface area contributed by atoms with E-state index < -0.39 is 0 Å². The third-order valence-corrected chi connectivity index (χ3v) is 4.87. The predicted octanol–water partition coefficient (Wildman–Crippen LogP) is 2.05. The van der Waals surface area contributed by atoms with Gasteiger partial charge in [0.1, 0.15) is 0 Å². The van der Waals surface area contributed by atoms with Crippen LogP contribution in [-0.2, 0) is 6.54 Å². The van der Waals surface area contributed by atoms with Crippen molar-refractivity contribution in [3.05, 3.63) is 35.4 Å². The highest BCUT2D eigenvalue weighted by molar-refractivity contribution is 5.95. The van der Waals surface area contributed by atoms with Crippen molar-refractivity contribution in [3.63, 3.8) is 0 Å². The summed E-state index contributed by atoms with van der Waals surface area (Å²) in [5.41, 5.74) is 4.04. The fraction of sp³-hybridized carbons (Fsp3) is 0.562. The van der Waals surface area contributed by atoms with Crippen molar-refractivity contribution in [2.24, 2.45) is 11.8 Å². The van der Waals surface area contributed by atoms with E-state index in [0.717, 1.165) is 30.6 Å². The molecule has 1 aliphatic carbocycles. The Morgan fingerprint density at radius 1 is 1.25 bits per heavy atom. The van der Waals surface area contributed by atoms with Gasteiger partial charge in [0.2, 0.25) is 0 Å². The number of amides is 1. The molecule has 2 aliphatic rings. The maximum atomic E-state index is 11.8. The number of rotatable bonds is 3. The standard InChI is InChI=1S/C16H23N3O/c17-18-16(20)14-8-2-1-5-13(14)11-19-10-4-7-12-6-3-9-15(12)19/h1-2,5,8,12,15H,3-4,6-7,9-11,17H2,(H,18,20). The van der Waals surface area contributed by atoms with Crippen LogP contribution in [0.25, 0.3) is 0 Å². The molecule has 3 N–H and O–H groups in total. The molecule has 2 unspecified atom stereocenters. The first-order chi connectivity index (χ1) is 9.79. The Labute approximate surface area is 120 Å². The van der Waals surface area contributed by atoms with Crippen molar-refractivity contribution >= 4 is 5.91 Å². The molecule has 0 aromatic heterocycles. The van der Waals surface area contributed by atoms with Crippen LogP contribution in [0.1, 0.15) is 48.0 Å². The molecule has 1 aromatic rings. The third kappa shape index (κ3) is 2.58. The van der Waals surface area contributed by atoms with E-state index >= 15 is 0 Å².